The highest BCUT2D eigenvalue weighted by molar-refractivity contribution is 9.09. The van der Waals surface area contributed by atoms with Crippen molar-refractivity contribution in [2.75, 3.05) is 6.61 Å². The van der Waals surface area contributed by atoms with Gasteiger partial charge in [-0.2, -0.15) is 0 Å². The molecule has 2 aliphatic rings. The Bertz CT molecular complexity index is 440. The van der Waals surface area contributed by atoms with Crippen molar-refractivity contribution in [1.82, 2.24) is 0 Å². The van der Waals surface area contributed by atoms with Crippen LogP contribution in [0, 0.1) is 5.41 Å². The molecule has 0 radical (unpaired) electrons. The lowest BCUT2D eigenvalue weighted by Gasteiger charge is -2.51. The summed E-state index contributed by atoms with van der Waals surface area (Å²) >= 11 is 3.83. The van der Waals surface area contributed by atoms with Crippen molar-refractivity contribution in [2.45, 2.75) is 50.0 Å². The molecule has 0 amide bonds. The molecule has 0 N–H and O–H groups in total. The molecule has 0 heterocycles. The Morgan fingerprint density at radius 1 is 1.26 bits per heavy atom. The smallest absolute Gasteiger partial charge is 0.123 e. The highest BCUT2D eigenvalue weighted by Crippen LogP contribution is 2.57. The number of hydrogen-bond acceptors (Lipinski definition) is 2. The fourth-order valence-electron chi connectivity index (χ4n) is 3.50. The van der Waals surface area contributed by atoms with Gasteiger partial charge in [-0.25, -0.2) is 0 Å². The fourth-order valence-corrected chi connectivity index (χ4v) is 4.59. The third-order valence-electron chi connectivity index (χ3n) is 4.62. The maximum atomic E-state index is 6.24. The summed E-state index contributed by atoms with van der Waals surface area (Å²) in [6.07, 6.45) is 6.80. The lowest BCUT2D eigenvalue weighted by molar-refractivity contribution is -0.0304. The molecule has 2 unspecified atom stereocenters. The molecule has 3 heteroatoms. The summed E-state index contributed by atoms with van der Waals surface area (Å²) in [5.74, 6) is 1.84. The van der Waals surface area contributed by atoms with Gasteiger partial charge in [0, 0.05) is 16.3 Å². The number of rotatable bonds is 4. The predicted octanol–water partition coefficient (Wildman–Crippen LogP) is 4.56. The summed E-state index contributed by atoms with van der Waals surface area (Å²) in [7, 11) is 0. The Balaban J connectivity index is 1.70. The van der Waals surface area contributed by atoms with Crippen molar-refractivity contribution in [3.63, 3.8) is 0 Å². The first kappa shape index (κ1) is 13.3. The zero-order chi connectivity index (χ0) is 13.3. The highest BCUT2D eigenvalue weighted by atomic mass is 79.9. The zero-order valence-electron chi connectivity index (χ0n) is 11.4. The van der Waals surface area contributed by atoms with Crippen LogP contribution in [0.2, 0.25) is 0 Å². The molecule has 0 aliphatic heterocycles. The third-order valence-corrected chi connectivity index (χ3v) is 5.90. The Labute approximate surface area is 123 Å². The van der Waals surface area contributed by atoms with E-state index in [2.05, 4.69) is 15.9 Å². The number of halogens is 1. The second-order valence-electron chi connectivity index (χ2n) is 5.66. The van der Waals surface area contributed by atoms with E-state index in [1.54, 1.807) is 0 Å². The summed E-state index contributed by atoms with van der Waals surface area (Å²) in [5, 5.41) is 0. The second-order valence-corrected chi connectivity index (χ2v) is 6.76. The topological polar surface area (TPSA) is 18.5 Å². The Kier molecular flexibility index (Phi) is 3.75. The Morgan fingerprint density at radius 3 is 2.68 bits per heavy atom. The maximum absolute atomic E-state index is 6.24. The van der Waals surface area contributed by atoms with Gasteiger partial charge in [0.15, 0.2) is 0 Å². The molecule has 0 aromatic heterocycles. The van der Waals surface area contributed by atoms with Gasteiger partial charge in [0.2, 0.25) is 0 Å². The highest BCUT2D eigenvalue weighted by Gasteiger charge is 2.56. The first-order chi connectivity index (χ1) is 9.24. The molecule has 0 bridgehead atoms. The van der Waals surface area contributed by atoms with E-state index >= 15 is 0 Å². The van der Waals surface area contributed by atoms with Crippen LogP contribution in [0.25, 0.3) is 0 Å². The van der Waals surface area contributed by atoms with E-state index in [1.165, 1.54) is 25.7 Å². The Morgan fingerprint density at radius 2 is 2.00 bits per heavy atom. The van der Waals surface area contributed by atoms with E-state index in [-0.39, 0.29) is 0 Å². The summed E-state index contributed by atoms with van der Waals surface area (Å²) in [5.41, 5.74) is 0.390. The summed E-state index contributed by atoms with van der Waals surface area (Å²) in [6.45, 7) is 2.70. The number of ether oxygens (including phenoxy) is 2. The van der Waals surface area contributed by atoms with E-state index < -0.39 is 0 Å². The molecule has 2 saturated carbocycles. The van der Waals surface area contributed by atoms with Gasteiger partial charge in [0.05, 0.1) is 6.61 Å². The minimum atomic E-state index is 0.372. The van der Waals surface area contributed by atoms with Crippen molar-refractivity contribution in [3.8, 4) is 11.5 Å². The van der Waals surface area contributed by atoms with Crippen molar-refractivity contribution in [3.05, 3.63) is 24.3 Å². The lowest BCUT2D eigenvalue weighted by atomic mass is 9.64. The fraction of sp³-hybridized carbons (Fsp3) is 0.625. The molecule has 104 valence electrons. The van der Waals surface area contributed by atoms with Gasteiger partial charge in [0.25, 0.3) is 0 Å². The van der Waals surface area contributed by atoms with Gasteiger partial charge in [-0.3, -0.25) is 0 Å². The molecule has 2 nitrogen and oxygen atoms in total. The molecule has 0 saturated heterocycles. The lowest BCUT2D eigenvalue weighted by Crippen LogP contribution is -2.55. The van der Waals surface area contributed by atoms with Crippen molar-refractivity contribution in [1.29, 1.82) is 0 Å². The minimum absolute atomic E-state index is 0.372. The van der Waals surface area contributed by atoms with Crippen LogP contribution in [-0.2, 0) is 0 Å². The zero-order valence-corrected chi connectivity index (χ0v) is 13.0. The molecule has 2 atom stereocenters. The van der Waals surface area contributed by atoms with Gasteiger partial charge in [0.1, 0.15) is 17.6 Å². The molecular formula is C16H21BrO2. The molecule has 2 aliphatic carbocycles. The van der Waals surface area contributed by atoms with Gasteiger partial charge < -0.3 is 9.47 Å². The van der Waals surface area contributed by atoms with Crippen LogP contribution in [0.15, 0.2) is 24.3 Å². The van der Waals surface area contributed by atoms with Gasteiger partial charge in [-0.15, -0.1) is 0 Å². The van der Waals surface area contributed by atoms with E-state index in [0.717, 1.165) is 17.9 Å². The van der Waals surface area contributed by atoms with Crippen LogP contribution in [-0.4, -0.2) is 17.5 Å². The Hall–Kier alpha value is -0.700. The average Bonchev–Trinajstić information content (AvgIpc) is 2.92. The average molecular weight is 325 g/mol. The number of benzene rings is 1. The predicted molar refractivity (Wildman–Crippen MR) is 80.3 cm³/mol. The van der Waals surface area contributed by atoms with Gasteiger partial charge in [-0.05, 0) is 38.3 Å². The monoisotopic (exact) mass is 324 g/mol. The van der Waals surface area contributed by atoms with Crippen LogP contribution >= 0.6 is 15.9 Å². The molecular weight excluding hydrogens is 304 g/mol. The van der Waals surface area contributed by atoms with Crippen LogP contribution in [0.5, 0.6) is 11.5 Å². The minimum Gasteiger partial charge on any atom is -0.494 e. The maximum Gasteiger partial charge on any atom is 0.123 e. The van der Waals surface area contributed by atoms with Crippen molar-refractivity contribution >= 4 is 15.9 Å². The van der Waals surface area contributed by atoms with Crippen molar-refractivity contribution in [2.24, 2.45) is 5.41 Å². The van der Waals surface area contributed by atoms with E-state index in [1.807, 2.05) is 31.2 Å². The molecule has 1 spiro atoms. The molecule has 1 aromatic rings. The summed E-state index contributed by atoms with van der Waals surface area (Å²) in [4.78, 5) is 0.641. The van der Waals surface area contributed by atoms with Gasteiger partial charge >= 0.3 is 0 Å². The quantitative estimate of drug-likeness (QED) is 0.756. The molecule has 19 heavy (non-hydrogen) atoms. The second kappa shape index (κ2) is 5.35. The van der Waals surface area contributed by atoms with Crippen molar-refractivity contribution < 1.29 is 9.47 Å². The first-order valence-corrected chi connectivity index (χ1v) is 8.20. The van der Waals surface area contributed by atoms with Crippen LogP contribution < -0.4 is 9.47 Å². The molecule has 2 fully saturated rings. The molecule has 3 rings (SSSR count). The van der Waals surface area contributed by atoms with E-state index in [0.29, 0.717) is 23.0 Å². The summed E-state index contributed by atoms with van der Waals surface area (Å²) < 4.78 is 11.8. The normalized spacial score (nSPS) is 28.1. The van der Waals surface area contributed by atoms with E-state index in [4.69, 9.17) is 9.47 Å². The SMILES string of the molecule is CCOc1cccc(OC2CC(Br)C23CCCC3)c1. The number of alkyl halides is 1. The third kappa shape index (κ3) is 2.37. The number of hydrogen-bond donors (Lipinski definition) is 0. The van der Waals surface area contributed by atoms with Crippen LogP contribution in [0.3, 0.4) is 0 Å². The van der Waals surface area contributed by atoms with Crippen LogP contribution in [0.4, 0.5) is 0 Å². The van der Waals surface area contributed by atoms with E-state index in [9.17, 15) is 0 Å². The molecule has 1 aromatic carbocycles. The first-order valence-electron chi connectivity index (χ1n) is 7.28. The van der Waals surface area contributed by atoms with Gasteiger partial charge in [-0.1, -0.05) is 34.8 Å². The largest absolute Gasteiger partial charge is 0.494 e. The van der Waals surface area contributed by atoms with Crippen LogP contribution in [0.1, 0.15) is 39.0 Å². The standard InChI is InChI=1S/C16H21BrO2/c1-2-18-12-6-5-7-13(10-12)19-15-11-14(17)16(15)8-3-4-9-16/h5-7,10,14-15H,2-4,8-9,11H2,1H3. The summed E-state index contributed by atoms with van der Waals surface area (Å²) in [6, 6.07) is 8.03.